The number of ether oxygens (including phenoxy) is 1. The predicted molar refractivity (Wildman–Crippen MR) is 114 cm³/mol. The van der Waals surface area contributed by atoms with Crippen molar-refractivity contribution in [3.63, 3.8) is 0 Å². The van der Waals surface area contributed by atoms with E-state index in [1.165, 1.54) is 0 Å². The van der Waals surface area contributed by atoms with Gasteiger partial charge in [0.15, 0.2) is 5.78 Å². The molecule has 3 atom stereocenters. The summed E-state index contributed by atoms with van der Waals surface area (Å²) in [6.07, 6.45) is 8.80. The second kappa shape index (κ2) is 8.46. The van der Waals surface area contributed by atoms with Gasteiger partial charge in [-0.1, -0.05) is 6.42 Å². The Hall–Kier alpha value is -2.28. The fourth-order valence-electron chi connectivity index (χ4n) is 5.41. The summed E-state index contributed by atoms with van der Waals surface area (Å²) in [6, 6.07) is 2.32. The molecule has 1 aromatic heterocycles. The van der Waals surface area contributed by atoms with E-state index in [0.29, 0.717) is 48.7 Å². The Morgan fingerprint density at radius 2 is 2.03 bits per heavy atom. The van der Waals surface area contributed by atoms with Crippen LogP contribution in [-0.2, 0) is 9.59 Å². The van der Waals surface area contributed by atoms with Gasteiger partial charge in [0.05, 0.1) is 16.8 Å². The van der Waals surface area contributed by atoms with Crippen molar-refractivity contribution < 1.29 is 14.3 Å². The van der Waals surface area contributed by atoms with E-state index in [4.69, 9.17) is 10.5 Å². The third-order valence-electron chi connectivity index (χ3n) is 7.17. The summed E-state index contributed by atoms with van der Waals surface area (Å²) < 4.78 is 6.02. The van der Waals surface area contributed by atoms with Gasteiger partial charge in [0.2, 0.25) is 0 Å². The van der Waals surface area contributed by atoms with Gasteiger partial charge in [0.25, 0.3) is 0 Å². The van der Waals surface area contributed by atoms with Crippen LogP contribution in [0.3, 0.4) is 0 Å². The molecule has 4 rings (SSSR count). The molecule has 2 heterocycles. The summed E-state index contributed by atoms with van der Waals surface area (Å²) in [5.74, 6) is 0.00273. The van der Waals surface area contributed by atoms with Crippen molar-refractivity contribution in [2.75, 3.05) is 13.6 Å². The van der Waals surface area contributed by atoms with E-state index in [1.54, 1.807) is 12.3 Å². The number of nitrogens with two attached hydrogens (primary N) is 1. The lowest BCUT2D eigenvalue weighted by atomic mass is 9.62. The van der Waals surface area contributed by atoms with Gasteiger partial charge in [-0.25, -0.2) is 4.98 Å². The van der Waals surface area contributed by atoms with Crippen LogP contribution < -0.4 is 10.5 Å². The maximum absolute atomic E-state index is 13.4. The Labute approximate surface area is 178 Å². The molecule has 7 heteroatoms. The van der Waals surface area contributed by atoms with Gasteiger partial charge < -0.3 is 10.5 Å². The summed E-state index contributed by atoms with van der Waals surface area (Å²) in [5.41, 5.74) is 6.97. The van der Waals surface area contributed by atoms with Crippen LogP contribution >= 0.6 is 0 Å². The molecule has 2 N–H and O–H groups in total. The molecule has 2 saturated carbocycles. The van der Waals surface area contributed by atoms with Gasteiger partial charge in [0.1, 0.15) is 11.9 Å². The molecule has 1 aliphatic heterocycles. The van der Waals surface area contributed by atoms with Crippen molar-refractivity contribution in [1.82, 2.24) is 14.9 Å². The van der Waals surface area contributed by atoms with Crippen LogP contribution in [-0.4, -0.2) is 52.2 Å². The number of rotatable bonds is 4. The summed E-state index contributed by atoms with van der Waals surface area (Å²) in [5, 5.41) is 0. The van der Waals surface area contributed by atoms with E-state index in [9.17, 15) is 9.59 Å². The first-order valence-corrected chi connectivity index (χ1v) is 11.2. The number of hydrogen-bond acceptors (Lipinski definition) is 7. The molecule has 2 aliphatic carbocycles. The molecule has 1 aromatic rings. The average molecular weight is 413 g/mol. The summed E-state index contributed by atoms with van der Waals surface area (Å²) in [6.45, 7) is 3.11. The second-order valence-corrected chi connectivity index (χ2v) is 9.02. The monoisotopic (exact) mass is 412 g/mol. The number of carbonyl (C=O) groups excluding carboxylic acids is 2. The van der Waals surface area contributed by atoms with Gasteiger partial charge in [-0.05, 0) is 71.5 Å². The molecule has 162 valence electrons. The molecule has 30 heavy (non-hydrogen) atoms. The van der Waals surface area contributed by atoms with Gasteiger partial charge >= 0.3 is 6.01 Å². The Bertz CT molecular complexity index is 864. The van der Waals surface area contributed by atoms with E-state index >= 15 is 0 Å². The van der Waals surface area contributed by atoms with E-state index in [0.717, 1.165) is 38.6 Å². The number of nitrogens with zero attached hydrogens (tertiary/aromatic N) is 3. The van der Waals surface area contributed by atoms with Crippen molar-refractivity contribution in [1.29, 1.82) is 0 Å². The standard InChI is InChI=1S/C23H32N4O3/c1-15(18-8-6-14-27(18)2)30-22-25-13-10-17(26-22)20(24)16-7-5-12-23(21(16)29)11-4-3-9-19(23)28/h10,13,15,18H,3-9,11-12,14,24H2,1-2H3/t15-,18-,23+/m0/s1. The van der Waals surface area contributed by atoms with Crippen LogP contribution in [0.5, 0.6) is 6.01 Å². The Morgan fingerprint density at radius 3 is 2.77 bits per heavy atom. The van der Waals surface area contributed by atoms with Gasteiger partial charge in [-0.3, -0.25) is 14.5 Å². The van der Waals surface area contributed by atoms with Gasteiger partial charge in [0, 0.05) is 24.2 Å². The normalized spacial score (nSPS) is 30.5. The summed E-state index contributed by atoms with van der Waals surface area (Å²) >= 11 is 0. The molecule has 0 bridgehead atoms. The van der Waals surface area contributed by atoms with Crippen molar-refractivity contribution in [3.8, 4) is 6.01 Å². The zero-order valence-electron chi connectivity index (χ0n) is 18.0. The van der Waals surface area contributed by atoms with Crippen LogP contribution in [0.1, 0.15) is 70.4 Å². The molecule has 0 unspecified atom stereocenters. The fourth-order valence-corrected chi connectivity index (χ4v) is 5.41. The van der Waals surface area contributed by atoms with Crippen LogP contribution in [0, 0.1) is 5.41 Å². The highest BCUT2D eigenvalue weighted by molar-refractivity contribution is 6.17. The zero-order chi connectivity index (χ0) is 21.3. The third-order valence-corrected chi connectivity index (χ3v) is 7.17. The molecular weight excluding hydrogens is 380 g/mol. The SMILES string of the molecule is C[C@H](Oc1nccc(C(N)=C2CCC[C@@]3(CCCCC3=O)C2=O)n1)[C@@H]1CCCN1C. The zero-order valence-corrected chi connectivity index (χ0v) is 18.0. The van der Waals surface area contributed by atoms with E-state index in [2.05, 4.69) is 21.9 Å². The first-order valence-electron chi connectivity index (χ1n) is 11.2. The van der Waals surface area contributed by atoms with E-state index < -0.39 is 5.41 Å². The minimum absolute atomic E-state index is 0.0407. The quantitative estimate of drug-likeness (QED) is 0.600. The molecule has 1 saturated heterocycles. The number of carbonyl (C=O) groups is 2. The lowest BCUT2D eigenvalue weighted by molar-refractivity contribution is -0.143. The van der Waals surface area contributed by atoms with Gasteiger partial charge in [-0.2, -0.15) is 4.98 Å². The number of hydrogen-bond donors (Lipinski definition) is 1. The Morgan fingerprint density at radius 1 is 1.23 bits per heavy atom. The van der Waals surface area contributed by atoms with Crippen molar-refractivity contribution in [3.05, 3.63) is 23.5 Å². The highest BCUT2D eigenvalue weighted by Crippen LogP contribution is 2.45. The Balaban J connectivity index is 1.57. The predicted octanol–water partition coefficient (Wildman–Crippen LogP) is 2.89. The topological polar surface area (TPSA) is 98.4 Å². The molecule has 0 radical (unpaired) electrons. The van der Waals surface area contributed by atoms with Gasteiger partial charge in [-0.15, -0.1) is 0 Å². The molecule has 3 fully saturated rings. The molecule has 7 nitrogen and oxygen atoms in total. The molecule has 3 aliphatic rings. The number of likely N-dealkylation sites (tertiary alicyclic amines) is 1. The first-order chi connectivity index (χ1) is 14.4. The maximum atomic E-state index is 13.4. The van der Waals surface area contributed by atoms with Crippen LogP contribution in [0.2, 0.25) is 0 Å². The summed E-state index contributed by atoms with van der Waals surface area (Å²) in [4.78, 5) is 37.1. The fraction of sp³-hybridized carbons (Fsp3) is 0.652. The van der Waals surface area contributed by atoms with E-state index in [1.807, 2.05) is 6.92 Å². The summed E-state index contributed by atoms with van der Waals surface area (Å²) in [7, 11) is 2.11. The number of likely N-dealkylation sites (N-methyl/N-ethyl adjacent to an activating group) is 1. The second-order valence-electron chi connectivity index (χ2n) is 9.02. The first kappa shape index (κ1) is 21.0. The smallest absolute Gasteiger partial charge is 0.317 e. The number of aromatic nitrogens is 2. The molecular formula is C23H32N4O3. The minimum atomic E-state index is -0.857. The highest BCUT2D eigenvalue weighted by Gasteiger charge is 2.49. The number of ketones is 2. The maximum Gasteiger partial charge on any atom is 0.317 e. The lowest BCUT2D eigenvalue weighted by Crippen LogP contribution is -2.45. The van der Waals surface area contributed by atoms with Crippen LogP contribution in [0.15, 0.2) is 17.8 Å². The van der Waals surface area contributed by atoms with E-state index in [-0.39, 0.29) is 23.7 Å². The molecule has 1 spiro atoms. The van der Waals surface area contributed by atoms with Crippen molar-refractivity contribution in [2.45, 2.75) is 76.9 Å². The lowest BCUT2D eigenvalue weighted by Gasteiger charge is -2.38. The Kier molecular flexibility index (Phi) is 5.91. The van der Waals surface area contributed by atoms with Crippen molar-refractivity contribution >= 4 is 17.3 Å². The van der Waals surface area contributed by atoms with Crippen LogP contribution in [0.4, 0.5) is 0 Å². The number of allylic oxidation sites excluding steroid dienone is 1. The molecule has 0 aromatic carbocycles. The average Bonchev–Trinajstić information content (AvgIpc) is 3.18. The minimum Gasteiger partial charge on any atom is -0.459 e. The number of Topliss-reactive ketones (excluding diaryl/α,β-unsaturated/α-hetero) is 2. The highest BCUT2D eigenvalue weighted by atomic mass is 16.5. The molecule has 0 amide bonds. The van der Waals surface area contributed by atoms with Crippen LogP contribution in [0.25, 0.3) is 5.70 Å². The van der Waals surface area contributed by atoms with Crippen molar-refractivity contribution in [2.24, 2.45) is 11.1 Å². The largest absolute Gasteiger partial charge is 0.459 e. The third kappa shape index (κ3) is 3.75.